The lowest BCUT2D eigenvalue weighted by atomic mass is 9.86. The number of benzene rings is 6. The monoisotopic (exact) mass is 938 g/mol. The van der Waals surface area contributed by atoms with Gasteiger partial charge in [0.25, 0.3) is 0 Å². The van der Waals surface area contributed by atoms with E-state index in [1.165, 1.54) is 12.8 Å². The molecular formula is C57H54N4O9. The summed E-state index contributed by atoms with van der Waals surface area (Å²) >= 11 is 0. The summed E-state index contributed by atoms with van der Waals surface area (Å²) in [4.78, 5) is 16.0. The number of carbonyl (C=O) groups is 1. The van der Waals surface area contributed by atoms with E-state index in [4.69, 9.17) is 18.5 Å². The molecule has 356 valence electrons. The van der Waals surface area contributed by atoms with Crippen LogP contribution in [0.25, 0.3) is 67.4 Å². The van der Waals surface area contributed by atoms with Gasteiger partial charge in [-0.25, -0.2) is 0 Å². The fraction of sp³-hybridized carbons (Fsp3) is 0.246. The number of ketones is 1. The number of piperidine rings is 2. The van der Waals surface area contributed by atoms with Gasteiger partial charge in [-0.05, 0) is 185 Å². The Hall–Kier alpha value is -7.87. The lowest BCUT2D eigenvalue weighted by Crippen LogP contribution is -2.35. The van der Waals surface area contributed by atoms with Gasteiger partial charge in [-0.2, -0.15) is 0 Å². The summed E-state index contributed by atoms with van der Waals surface area (Å²) < 4.78 is 25.4. The quantitative estimate of drug-likeness (QED) is 0.0502. The highest BCUT2D eigenvalue weighted by Crippen LogP contribution is 2.47. The number of carbonyl (C=O) groups excluding carboxylic acids is 1. The first-order valence-electron chi connectivity index (χ1n) is 24.0. The van der Waals surface area contributed by atoms with Crippen molar-refractivity contribution in [2.75, 3.05) is 26.3 Å². The third-order valence-electron chi connectivity index (χ3n) is 13.2. The fourth-order valence-electron chi connectivity index (χ4n) is 9.49. The number of hydrogen-bond donors (Lipinski definition) is 6. The minimum absolute atomic E-state index is 0.0694. The average molecular weight is 939 g/mol. The van der Waals surface area contributed by atoms with Crippen LogP contribution in [0, 0.1) is 0 Å². The fourth-order valence-corrected chi connectivity index (χ4v) is 9.49. The Morgan fingerprint density at radius 2 is 0.871 bits per heavy atom. The van der Waals surface area contributed by atoms with Crippen LogP contribution in [-0.2, 0) is 0 Å². The number of hydrogen-bond acceptors (Lipinski definition) is 13. The molecule has 4 heterocycles. The summed E-state index contributed by atoms with van der Waals surface area (Å²) in [7, 11) is 0. The second-order valence-corrected chi connectivity index (χ2v) is 18.0. The standard InChI is InChI=1S/C57H54N4O9/c62-41-15-7-35(8-16-41)53-51(56(69-60-53)37-11-19-43(64)20-12-37)49-33-45(67-31-27-39-5-1-3-29-58-39)23-25-47(49)55(66)48-26-24-46(68-32-28-40-6-2-4-30-59-40)34-50(48)52-54(36-9-17-42(63)18-10-36)61-70-57(52)38-13-21-44(65)22-14-38/h7-26,33-34,39-40,58-59,62-65H,1-6,27-32H2. The molecule has 0 spiro atoms. The zero-order valence-corrected chi connectivity index (χ0v) is 38.6. The summed E-state index contributed by atoms with van der Waals surface area (Å²) in [6.07, 6.45) is 8.42. The summed E-state index contributed by atoms with van der Waals surface area (Å²) in [6, 6.07) is 37.9. The number of ether oxygens (including phenoxy) is 2. The van der Waals surface area contributed by atoms with Crippen LogP contribution in [0.1, 0.15) is 67.3 Å². The van der Waals surface area contributed by atoms with Gasteiger partial charge in [0.15, 0.2) is 17.3 Å². The third kappa shape index (κ3) is 10.1. The maximum absolute atomic E-state index is 16.0. The molecular weight excluding hydrogens is 885 g/mol. The van der Waals surface area contributed by atoms with Crippen molar-refractivity contribution >= 4 is 5.78 Å². The van der Waals surface area contributed by atoms with E-state index in [1.54, 1.807) is 121 Å². The van der Waals surface area contributed by atoms with E-state index in [0.717, 1.165) is 51.6 Å². The molecule has 0 bridgehead atoms. The SMILES string of the molecule is O=C(c1ccc(OCCC2CCCCN2)cc1-c1c(-c2ccc(O)cc2)noc1-c1ccc(O)cc1)c1ccc(OCCC2CCCCN2)cc1-c1c(-c2ccc(O)cc2)noc1-c1ccc(O)cc1. The molecule has 0 radical (unpaired) electrons. The molecule has 13 heteroatoms. The van der Waals surface area contributed by atoms with E-state index in [1.807, 2.05) is 12.1 Å². The van der Waals surface area contributed by atoms with E-state index in [2.05, 4.69) is 20.9 Å². The zero-order chi connectivity index (χ0) is 48.0. The summed E-state index contributed by atoms with van der Waals surface area (Å²) in [6.45, 7) is 2.85. The Labute approximate surface area is 405 Å². The second kappa shape index (κ2) is 20.8. The number of aromatic nitrogens is 2. The normalized spacial score (nSPS) is 15.9. The molecule has 70 heavy (non-hydrogen) atoms. The Bertz CT molecular complexity index is 2730. The number of phenols is 4. The van der Waals surface area contributed by atoms with Crippen molar-refractivity contribution in [3.63, 3.8) is 0 Å². The first kappa shape index (κ1) is 45.9. The van der Waals surface area contributed by atoms with Crippen LogP contribution in [0.4, 0.5) is 0 Å². The molecule has 2 saturated heterocycles. The molecule has 6 N–H and O–H groups in total. The molecule has 6 aromatic carbocycles. The molecule has 2 aliphatic heterocycles. The Balaban J connectivity index is 1.15. The van der Waals surface area contributed by atoms with Crippen molar-refractivity contribution in [3.8, 4) is 102 Å². The molecule has 8 aromatic rings. The topological polar surface area (TPSA) is 193 Å². The van der Waals surface area contributed by atoms with Gasteiger partial charge < -0.3 is 49.6 Å². The van der Waals surface area contributed by atoms with E-state index < -0.39 is 0 Å². The summed E-state index contributed by atoms with van der Waals surface area (Å²) in [5.74, 6) is 1.70. The molecule has 10 rings (SSSR count). The van der Waals surface area contributed by atoms with Crippen molar-refractivity contribution in [2.24, 2.45) is 0 Å². The van der Waals surface area contributed by atoms with Crippen LogP contribution in [0.3, 0.4) is 0 Å². The molecule has 0 amide bonds. The van der Waals surface area contributed by atoms with E-state index in [9.17, 15) is 20.4 Å². The largest absolute Gasteiger partial charge is 0.508 e. The van der Waals surface area contributed by atoms with Crippen LogP contribution in [-0.4, -0.2) is 74.9 Å². The first-order chi connectivity index (χ1) is 34.3. The van der Waals surface area contributed by atoms with Crippen molar-refractivity contribution in [1.29, 1.82) is 0 Å². The van der Waals surface area contributed by atoms with Gasteiger partial charge in [-0.15, -0.1) is 0 Å². The van der Waals surface area contributed by atoms with Gasteiger partial charge >= 0.3 is 0 Å². The zero-order valence-electron chi connectivity index (χ0n) is 38.6. The summed E-state index contributed by atoms with van der Waals surface area (Å²) in [5.41, 5.74) is 5.83. The lowest BCUT2D eigenvalue weighted by Gasteiger charge is -2.23. The van der Waals surface area contributed by atoms with Crippen LogP contribution >= 0.6 is 0 Å². The minimum atomic E-state index is -0.357. The Morgan fingerprint density at radius 1 is 0.500 bits per heavy atom. The Kier molecular flexibility index (Phi) is 13.6. The van der Waals surface area contributed by atoms with Crippen molar-refractivity contribution in [3.05, 3.63) is 145 Å². The maximum atomic E-state index is 16.0. The number of rotatable bonds is 16. The second-order valence-electron chi connectivity index (χ2n) is 18.0. The van der Waals surface area contributed by atoms with E-state index in [-0.39, 0.29) is 28.8 Å². The molecule has 2 unspecified atom stereocenters. The van der Waals surface area contributed by atoms with Gasteiger partial charge in [0.05, 0.1) is 24.3 Å². The average Bonchev–Trinajstić information content (AvgIpc) is 4.04. The molecule has 0 saturated carbocycles. The van der Waals surface area contributed by atoms with E-state index >= 15 is 4.79 Å². The van der Waals surface area contributed by atoms with Crippen molar-refractivity contribution in [1.82, 2.24) is 20.9 Å². The van der Waals surface area contributed by atoms with Gasteiger partial charge in [-0.1, -0.05) is 23.2 Å². The first-order valence-corrected chi connectivity index (χ1v) is 24.0. The highest BCUT2D eigenvalue weighted by Gasteiger charge is 2.31. The number of aromatic hydroxyl groups is 4. The number of phenolic OH excluding ortho intramolecular Hbond substituents is 4. The smallest absolute Gasteiger partial charge is 0.194 e. The number of nitrogens with one attached hydrogen (secondary N) is 2. The van der Waals surface area contributed by atoms with Crippen LogP contribution in [0.2, 0.25) is 0 Å². The number of nitrogens with zero attached hydrogens (tertiary/aromatic N) is 2. The van der Waals surface area contributed by atoms with Crippen molar-refractivity contribution in [2.45, 2.75) is 63.5 Å². The molecule has 2 aliphatic rings. The van der Waals surface area contributed by atoms with Crippen LogP contribution < -0.4 is 20.1 Å². The van der Waals surface area contributed by atoms with Gasteiger partial charge in [-0.3, -0.25) is 4.79 Å². The minimum Gasteiger partial charge on any atom is -0.508 e. The summed E-state index contributed by atoms with van der Waals surface area (Å²) in [5, 5.41) is 57.6. The van der Waals surface area contributed by atoms with Crippen LogP contribution in [0.15, 0.2) is 143 Å². The molecule has 2 fully saturated rings. The molecule has 0 aliphatic carbocycles. The molecule has 13 nitrogen and oxygen atoms in total. The van der Waals surface area contributed by atoms with Gasteiger partial charge in [0, 0.05) is 56.6 Å². The predicted molar refractivity (Wildman–Crippen MR) is 267 cm³/mol. The maximum Gasteiger partial charge on any atom is 0.194 e. The van der Waals surface area contributed by atoms with Crippen molar-refractivity contribution < 1.29 is 43.7 Å². The predicted octanol–water partition coefficient (Wildman–Crippen LogP) is 11.5. The third-order valence-corrected chi connectivity index (χ3v) is 13.2. The van der Waals surface area contributed by atoms with Gasteiger partial charge in [0.2, 0.25) is 0 Å². The molecule has 2 atom stereocenters. The Morgan fingerprint density at radius 3 is 1.23 bits per heavy atom. The highest BCUT2D eigenvalue weighted by atomic mass is 16.5. The lowest BCUT2D eigenvalue weighted by molar-refractivity contribution is 0.104. The highest BCUT2D eigenvalue weighted by molar-refractivity contribution is 6.18. The van der Waals surface area contributed by atoms with E-state index in [0.29, 0.717) is 115 Å². The molecule has 2 aromatic heterocycles. The van der Waals surface area contributed by atoms with Crippen LogP contribution in [0.5, 0.6) is 34.5 Å². The van der Waals surface area contributed by atoms with Gasteiger partial charge in [0.1, 0.15) is 45.9 Å².